The molecule has 0 unspecified atom stereocenters. The molecule has 0 amide bonds. The number of hydrogen-bond donors (Lipinski definition) is 5. The predicted octanol–water partition coefficient (Wildman–Crippen LogP) is -1.00. The molecule has 0 aliphatic carbocycles. The Hall–Kier alpha value is -1.14. The quantitative estimate of drug-likeness (QED) is 0.415. The maximum atomic E-state index is 9.84. The lowest BCUT2D eigenvalue weighted by atomic mass is 10.0. The number of nitrogens with two attached hydrogens (primary N) is 1. The Morgan fingerprint density at radius 1 is 1.25 bits per heavy atom. The van der Waals surface area contributed by atoms with Crippen LogP contribution in [0.3, 0.4) is 0 Å². The number of benzene rings is 1. The number of hydrogen-bond acceptors (Lipinski definition) is 5. The van der Waals surface area contributed by atoms with Crippen LogP contribution in [0.15, 0.2) is 24.3 Å². The van der Waals surface area contributed by atoms with Crippen LogP contribution in [-0.4, -0.2) is 40.2 Å². The first-order valence-corrected chi connectivity index (χ1v) is 5.22. The summed E-state index contributed by atoms with van der Waals surface area (Å²) < 4.78 is 0. The van der Waals surface area contributed by atoms with Crippen molar-refractivity contribution >= 4 is 5.69 Å². The zero-order chi connectivity index (χ0) is 11.7. The maximum absolute atomic E-state index is 9.84. The van der Waals surface area contributed by atoms with E-state index in [0.717, 1.165) is 5.56 Å². The van der Waals surface area contributed by atoms with Crippen molar-refractivity contribution in [3.05, 3.63) is 29.8 Å². The lowest BCUT2D eigenvalue weighted by molar-refractivity contribution is 0.0194. The largest absolute Gasteiger partial charge is 0.399 e. The summed E-state index contributed by atoms with van der Waals surface area (Å²) in [6, 6.07) is 6.22. The Bertz CT molecular complexity index is 372. The van der Waals surface area contributed by atoms with Crippen LogP contribution in [0.2, 0.25) is 0 Å². The summed E-state index contributed by atoms with van der Waals surface area (Å²) in [6.45, 7) is -0.211. The molecule has 1 aliphatic heterocycles. The number of nitrogens with one attached hydrogen (secondary N) is 1. The van der Waals surface area contributed by atoms with Crippen LogP contribution in [0, 0.1) is 0 Å². The summed E-state index contributed by atoms with van der Waals surface area (Å²) in [5.74, 6) is 0. The van der Waals surface area contributed by atoms with Gasteiger partial charge in [0.05, 0.1) is 24.8 Å². The van der Waals surface area contributed by atoms with Gasteiger partial charge in [0.2, 0.25) is 0 Å². The molecule has 5 nitrogen and oxygen atoms in total. The molecule has 88 valence electrons. The molecule has 1 saturated heterocycles. The van der Waals surface area contributed by atoms with Gasteiger partial charge in [-0.25, -0.2) is 0 Å². The Balaban J connectivity index is 2.23. The summed E-state index contributed by atoms with van der Waals surface area (Å²) >= 11 is 0. The standard InChI is InChI=1S/C11H16N2O3/c12-7-3-1-2-6(4-7)9-11(16)10(15)8(5-14)13-9/h1-4,8-11,13-16H,5,12H2/t8-,9+,10-,11+/m1/s1. The highest BCUT2D eigenvalue weighted by Gasteiger charge is 2.41. The van der Waals surface area contributed by atoms with Crippen LogP contribution in [-0.2, 0) is 0 Å². The average Bonchev–Trinajstić information content (AvgIpc) is 2.56. The van der Waals surface area contributed by atoms with Gasteiger partial charge in [0.25, 0.3) is 0 Å². The van der Waals surface area contributed by atoms with Crippen molar-refractivity contribution in [3.8, 4) is 0 Å². The van der Waals surface area contributed by atoms with E-state index in [2.05, 4.69) is 5.32 Å². The van der Waals surface area contributed by atoms with E-state index in [0.29, 0.717) is 5.69 Å². The molecular weight excluding hydrogens is 208 g/mol. The van der Waals surface area contributed by atoms with Gasteiger partial charge in [-0.05, 0) is 17.7 Å². The molecule has 0 aromatic heterocycles. The van der Waals surface area contributed by atoms with Gasteiger partial charge in [0, 0.05) is 5.69 Å². The number of rotatable bonds is 2. The minimum Gasteiger partial charge on any atom is -0.399 e. The fraction of sp³-hybridized carbons (Fsp3) is 0.455. The summed E-state index contributed by atoms with van der Waals surface area (Å²) in [7, 11) is 0. The first-order valence-electron chi connectivity index (χ1n) is 5.22. The van der Waals surface area contributed by atoms with Crippen LogP contribution >= 0.6 is 0 Å². The fourth-order valence-electron chi connectivity index (χ4n) is 2.07. The van der Waals surface area contributed by atoms with Gasteiger partial charge >= 0.3 is 0 Å². The lowest BCUT2D eigenvalue weighted by Crippen LogP contribution is -2.35. The van der Waals surface area contributed by atoms with Gasteiger partial charge in [-0.2, -0.15) is 0 Å². The van der Waals surface area contributed by atoms with Gasteiger partial charge in [0.1, 0.15) is 6.10 Å². The highest BCUT2D eigenvalue weighted by molar-refractivity contribution is 5.42. The predicted molar refractivity (Wildman–Crippen MR) is 59.6 cm³/mol. The van der Waals surface area contributed by atoms with Gasteiger partial charge < -0.3 is 26.4 Å². The molecule has 1 aromatic carbocycles. The summed E-state index contributed by atoms with van der Waals surface area (Å²) in [4.78, 5) is 0. The molecule has 0 spiro atoms. The van der Waals surface area contributed by atoms with Crippen LogP contribution in [0.5, 0.6) is 0 Å². The smallest absolute Gasteiger partial charge is 0.101 e. The van der Waals surface area contributed by atoms with Crippen molar-refractivity contribution in [2.24, 2.45) is 0 Å². The van der Waals surface area contributed by atoms with Crippen molar-refractivity contribution in [1.82, 2.24) is 5.32 Å². The van der Waals surface area contributed by atoms with Gasteiger partial charge in [-0.1, -0.05) is 12.1 Å². The third-order valence-corrected chi connectivity index (χ3v) is 2.96. The molecule has 6 N–H and O–H groups in total. The minimum atomic E-state index is -0.962. The molecule has 0 radical (unpaired) electrons. The molecule has 2 rings (SSSR count). The van der Waals surface area contributed by atoms with Crippen LogP contribution in [0.4, 0.5) is 5.69 Å². The third kappa shape index (κ3) is 1.90. The van der Waals surface area contributed by atoms with Gasteiger partial charge in [0.15, 0.2) is 0 Å². The highest BCUT2D eigenvalue weighted by atomic mass is 16.3. The molecule has 16 heavy (non-hydrogen) atoms. The van der Waals surface area contributed by atoms with Crippen LogP contribution < -0.4 is 11.1 Å². The zero-order valence-corrected chi connectivity index (χ0v) is 8.74. The Morgan fingerprint density at radius 3 is 2.56 bits per heavy atom. The van der Waals surface area contributed by atoms with Crippen molar-refractivity contribution in [3.63, 3.8) is 0 Å². The monoisotopic (exact) mass is 224 g/mol. The molecule has 5 heteroatoms. The van der Waals surface area contributed by atoms with E-state index in [1.54, 1.807) is 18.2 Å². The molecule has 0 saturated carbocycles. The van der Waals surface area contributed by atoms with E-state index in [-0.39, 0.29) is 6.61 Å². The van der Waals surface area contributed by atoms with E-state index in [9.17, 15) is 10.2 Å². The number of nitrogen functional groups attached to an aromatic ring is 1. The summed E-state index contributed by atoms with van der Waals surface area (Å²) in [5.41, 5.74) is 7.07. The molecule has 1 aromatic rings. The van der Waals surface area contributed by atoms with Crippen molar-refractivity contribution in [2.75, 3.05) is 12.3 Å². The molecule has 1 aliphatic rings. The fourth-order valence-corrected chi connectivity index (χ4v) is 2.07. The van der Waals surface area contributed by atoms with Gasteiger partial charge in [-0.3, -0.25) is 0 Å². The second-order valence-electron chi connectivity index (χ2n) is 4.08. The van der Waals surface area contributed by atoms with E-state index < -0.39 is 24.3 Å². The Labute approximate surface area is 93.5 Å². The summed E-state index contributed by atoms with van der Waals surface area (Å²) in [5, 5.41) is 31.5. The molecule has 1 heterocycles. The molecule has 4 atom stereocenters. The molecule has 0 bridgehead atoms. The van der Waals surface area contributed by atoms with Gasteiger partial charge in [-0.15, -0.1) is 0 Å². The van der Waals surface area contributed by atoms with Crippen LogP contribution in [0.25, 0.3) is 0 Å². The van der Waals surface area contributed by atoms with Crippen molar-refractivity contribution in [2.45, 2.75) is 24.3 Å². The topological polar surface area (TPSA) is 98.7 Å². The highest BCUT2D eigenvalue weighted by Crippen LogP contribution is 2.28. The number of anilines is 1. The number of aliphatic hydroxyl groups is 3. The molecular formula is C11H16N2O3. The van der Waals surface area contributed by atoms with E-state index >= 15 is 0 Å². The molecule has 1 fully saturated rings. The Morgan fingerprint density at radius 2 is 2.00 bits per heavy atom. The maximum Gasteiger partial charge on any atom is 0.101 e. The number of aliphatic hydroxyl groups excluding tert-OH is 3. The minimum absolute atomic E-state index is 0.211. The summed E-state index contributed by atoms with van der Waals surface area (Å²) in [6.07, 6.45) is -1.89. The zero-order valence-electron chi connectivity index (χ0n) is 8.74. The SMILES string of the molecule is Nc1cccc([C@@H]2N[C@H](CO)[C@@H](O)[C@H]2O)c1. The van der Waals surface area contributed by atoms with Crippen molar-refractivity contribution < 1.29 is 15.3 Å². The third-order valence-electron chi connectivity index (χ3n) is 2.96. The Kier molecular flexibility index (Phi) is 3.11. The lowest BCUT2D eigenvalue weighted by Gasteiger charge is -2.16. The van der Waals surface area contributed by atoms with E-state index in [1.165, 1.54) is 0 Å². The average molecular weight is 224 g/mol. The second-order valence-corrected chi connectivity index (χ2v) is 4.08. The first-order chi connectivity index (χ1) is 7.63. The van der Waals surface area contributed by atoms with Crippen LogP contribution in [0.1, 0.15) is 11.6 Å². The second kappa shape index (κ2) is 4.39. The van der Waals surface area contributed by atoms with Crippen molar-refractivity contribution in [1.29, 1.82) is 0 Å². The van der Waals surface area contributed by atoms with E-state index in [1.807, 2.05) is 6.07 Å². The normalized spacial score (nSPS) is 34.2. The first kappa shape index (κ1) is 11.3. The van der Waals surface area contributed by atoms with E-state index in [4.69, 9.17) is 10.8 Å².